The standard InChI is InChI=1S/C6H5F3NOS/c7-6(8,9)5(11)1-4-2-12-3-10-4/h2-3,11H,1H2. The molecule has 1 heterocycles. The highest BCUT2D eigenvalue weighted by atomic mass is 32.1. The van der Waals surface area contributed by atoms with Gasteiger partial charge in [-0.15, -0.1) is 11.3 Å². The van der Waals surface area contributed by atoms with Crippen LogP contribution in [0.2, 0.25) is 0 Å². The molecule has 1 aromatic heterocycles. The lowest BCUT2D eigenvalue weighted by Gasteiger charge is -2.10. The average Bonchev–Trinajstić information content (AvgIpc) is 2.37. The molecule has 0 atom stereocenters. The molecule has 0 aliphatic heterocycles. The molecule has 12 heavy (non-hydrogen) atoms. The van der Waals surface area contributed by atoms with Crippen LogP contribution in [0.25, 0.3) is 0 Å². The second kappa shape index (κ2) is 3.40. The summed E-state index contributed by atoms with van der Waals surface area (Å²) in [7, 11) is 0. The smallest absolute Gasteiger partial charge is 0.378 e. The summed E-state index contributed by atoms with van der Waals surface area (Å²) in [6, 6.07) is 0. The summed E-state index contributed by atoms with van der Waals surface area (Å²) in [5, 5.41) is 9.97. The zero-order valence-electron chi connectivity index (χ0n) is 5.80. The Labute approximate surface area is 70.7 Å². The molecule has 1 rings (SSSR count). The Balaban J connectivity index is 2.53. The molecule has 1 aromatic rings. The lowest BCUT2D eigenvalue weighted by atomic mass is 10.2. The van der Waals surface area contributed by atoms with Gasteiger partial charge in [-0.3, -0.25) is 0 Å². The maximum atomic E-state index is 11.7. The van der Waals surface area contributed by atoms with Crippen molar-refractivity contribution >= 4 is 11.3 Å². The third-order valence-electron chi connectivity index (χ3n) is 1.16. The van der Waals surface area contributed by atoms with E-state index in [9.17, 15) is 13.2 Å². The first kappa shape index (κ1) is 9.47. The van der Waals surface area contributed by atoms with Gasteiger partial charge in [-0.25, -0.2) is 4.98 Å². The fraction of sp³-hybridized carbons (Fsp3) is 0.333. The first-order chi connectivity index (χ1) is 5.50. The predicted molar refractivity (Wildman–Crippen MR) is 37.1 cm³/mol. The van der Waals surface area contributed by atoms with Crippen molar-refractivity contribution in [1.29, 1.82) is 0 Å². The van der Waals surface area contributed by atoms with Crippen molar-refractivity contribution in [3.63, 3.8) is 0 Å². The fourth-order valence-electron chi connectivity index (χ4n) is 0.597. The third kappa shape index (κ3) is 2.46. The number of rotatable bonds is 2. The number of aliphatic hydroxyl groups excluding tert-OH is 1. The first-order valence-electron chi connectivity index (χ1n) is 2.99. The van der Waals surface area contributed by atoms with E-state index in [4.69, 9.17) is 5.11 Å². The summed E-state index contributed by atoms with van der Waals surface area (Å²) in [5.74, 6) is 0. The number of alkyl halides is 3. The minimum atomic E-state index is -4.64. The molecule has 0 spiro atoms. The number of aromatic nitrogens is 1. The van der Waals surface area contributed by atoms with Gasteiger partial charge in [0.25, 0.3) is 0 Å². The molecule has 6 heteroatoms. The molecular weight excluding hydrogens is 191 g/mol. The van der Waals surface area contributed by atoms with Crippen LogP contribution < -0.4 is 0 Å². The highest BCUT2D eigenvalue weighted by Gasteiger charge is 2.39. The van der Waals surface area contributed by atoms with E-state index in [1.807, 2.05) is 0 Å². The van der Waals surface area contributed by atoms with Crippen LogP contribution in [-0.4, -0.2) is 16.3 Å². The predicted octanol–water partition coefficient (Wildman–Crippen LogP) is 2.15. The minimum absolute atomic E-state index is 0.231. The largest absolute Gasteiger partial charge is 0.420 e. The number of aliphatic hydroxyl groups is 1. The average molecular weight is 196 g/mol. The van der Waals surface area contributed by atoms with Crippen molar-refractivity contribution < 1.29 is 18.3 Å². The van der Waals surface area contributed by atoms with Crippen molar-refractivity contribution in [2.24, 2.45) is 0 Å². The van der Waals surface area contributed by atoms with Gasteiger partial charge < -0.3 is 5.11 Å². The molecule has 0 saturated carbocycles. The van der Waals surface area contributed by atoms with Gasteiger partial charge in [-0.05, 0) is 0 Å². The van der Waals surface area contributed by atoms with Crippen molar-refractivity contribution in [3.8, 4) is 0 Å². The number of nitrogens with zero attached hydrogens (tertiary/aromatic N) is 1. The lowest BCUT2D eigenvalue weighted by Crippen LogP contribution is -2.22. The summed E-state index contributed by atoms with van der Waals surface area (Å²) in [5.41, 5.74) is 1.65. The van der Waals surface area contributed by atoms with Gasteiger partial charge in [-0.2, -0.15) is 13.2 Å². The van der Waals surface area contributed by atoms with E-state index in [1.54, 1.807) is 0 Å². The summed E-state index contributed by atoms with van der Waals surface area (Å²) in [6.07, 6.45) is -6.69. The molecule has 0 aromatic carbocycles. The number of hydrogen-bond donors (Lipinski definition) is 1. The van der Waals surface area contributed by atoms with Crippen LogP contribution in [0, 0.1) is 6.10 Å². The Morgan fingerprint density at radius 2 is 2.25 bits per heavy atom. The van der Waals surface area contributed by atoms with E-state index in [0.29, 0.717) is 0 Å². The fourth-order valence-corrected chi connectivity index (χ4v) is 1.16. The van der Waals surface area contributed by atoms with Gasteiger partial charge in [0.1, 0.15) is 0 Å². The maximum absolute atomic E-state index is 11.7. The zero-order valence-corrected chi connectivity index (χ0v) is 6.61. The molecule has 1 radical (unpaired) electrons. The minimum Gasteiger partial charge on any atom is -0.378 e. The Morgan fingerprint density at radius 3 is 2.67 bits per heavy atom. The van der Waals surface area contributed by atoms with E-state index in [1.165, 1.54) is 22.2 Å². The molecular formula is C6H5F3NOS. The molecule has 0 aliphatic rings. The highest BCUT2D eigenvalue weighted by molar-refractivity contribution is 7.07. The van der Waals surface area contributed by atoms with Gasteiger partial charge in [0.15, 0.2) is 0 Å². The van der Waals surface area contributed by atoms with E-state index in [0.717, 1.165) is 0 Å². The summed E-state index contributed by atoms with van der Waals surface area (Å²) in [6.45, 7) is 0. The highest BCUT2D eigenvalue weighted by Crippen LogP contribution is 2.28. The molecule has 2 nitrogen and oxygen atoms in total. The molecule has 0 bridgehead atoms. The second-order valence-corrected chi connectivity index (χ2v) is 2.82. The number of halogens is 3. The van der Waals surface area contributed by atoms with Gasteiger partial charge >= 0.3 is 6.18 Å². The summed E-state index contributed by atoms with van der Waals surface area (Å²) in [4.78, 5) is 3.61. The summed E-state index contributed by atoms with van der Waals surface area (Å²) < 4.78 is 35.2. The second-order valence-electron chi connectivity index (χ2n) is 2.10. The van der Waals surface area contributed by atoms with Gasteiger partial charge in [0, 0.05) is 11.8 Å². The normalized spacial score (nSPS) is 12.4. The van der Waals surface area contributed by atoms with Crippen molar-refractivity contribution in [1.82, 2.24) is 4.98 Å². The molecule has 1 N–H and O–H groups in total. The van der Waals surface area contributed by atoms with E-state index in [-0.39, 0.29) is 5.69 Å². The van der Waals surface area contributed by atoms with Crippen LogP contribution in [0.5, 0.6) is 0 Å². The van der Waals surface area contributed by atoms with Gasteiger partial charge in [-0.1, -0.05) is 0 Å². The van der Waals surface area contributed by atoms with Crippen LogP contribution in [-0.2, 0) is 6.42 Å². The Hall–Kier alpha value is -0.620. The Kier molecular flexibility index (Phi) is 2.69. The first-order valence-corrected chi connectivity index (χ1v) is 3.93. The summed E-state index contributed by atoms with van der Waals surface area (Å²) >= 11 is 1.19. The zero-order chi connectivity index (χ0) is 9.19. The number of hydrogen-bond acceptors (Lipinski definition) is 3. The number of thiazole rings is 1. The Morgan fingerprint density at radius 1 is 1.58 bits per heavy atom. The SMILES string of the molecule is O[C](Cc1cscn1)C(F)(F)F. The van der Waals surface area contributed by atoms with Crippen LogP contribution in [0.15, 0.2) is 10.9 Å². The maximum Gasteiger partial charge on any atom is 0.420 e. The van der Waals surface area contributed by atoms with Gasteiger partial charge in [0.2, 0.25) is 6.10 Å². The quantitative estimate of drug-likeness (QED) is 0.786. The van der Waals surface area contributed by atoms with Gasteiger partial charge in [0.05, 0.1) is 11.2 Å². The van der Waals surface area contributed by atoms with Crippen LogP contribution >= 0.6 is 11.3 Å². The van der Waals surface area contributed by atoms with Crippen LogP contribution in [0.1, 0.15) is 5.69 Å². The van der Waals surface area contributed by atoms with E-state index in [2.05, 4.69) is 4.98 Å². The third-order valence-corrected chi connectivity index (χ3v) is 1.79. The van der Waals surface area contributed by atoms with E-state index >= 15 is 0 Å². The van der Waals surface area contributed by atoms with Crippen molar-refractivity contribution in [2.45, 2.75) is 12.6 Å². The molecule has 67 valence electrons. The van der Waals surface area contributed by atoms with Crippen LogP contribution in [0.4, 0.5) is 13.2 Å². The van der Waals surface area contributed by atoms with Crippen molar-refractivity contribution in [3.05, 3.63) is 22.7 Å². The lowest BCUT2D eigenvalue weighted by molar-refractivity contribution is -0.155. The van der Waals surface area contributed by atoms with Crippen LogP contribution in [0.3, 0.4) is 0 Å². The Bertz CT molecular complexity index is 233. The molecule has 0 unspecified atom stereocenters. The molecule has 0 saturated heterocycles. The molecule has 0 amide bonds. The monoisotopic (exact) mass is 196 g/mol. The molecule has 0 fully saturated rings. The topological polar surface area (TPSA) is 33.1 Å². The van der Waals surface area contributed by atoms with E-state index < -0.39 is 18.7 Å². The molecule has 0 aliphatic carbocycles. The van der Waals surface area contributed by atoms with Crippen molar-refractivity contribution in [2.75, 3.05) is 0 Å².